The number of nitrogens with zero attached hydrogens (tertiary/aromatic N) is 3. The number of carboxylic acids is 1. The van der Waals surface area contributed by atoms with Gasteiger partial charge in [-0.2, -0.15) is 5.10 Å². The zero-order chi connectivity index (χ0) is 21.4. The Morgan fingerprint density at radius 2 is 1.87 bits per heavy atom. The van der Waals surface area contributed by atoms with Gasteiger partial charge in [-0.15, -0.1) is 0 Å². The van der Waals surface area contributed by atoms with Crippen molar-refractivity contribution >= 4 is 11.9 Å². The molecule has 8 heteroatoms. The molecule has 1 aromatic heterocycles. The topological polar surface area (TPSA) is 116 Å². The molecule has 0 saturated carbocycles. The van der Waals surface area contributed by atoms with Crippen LogP contribution in [-0.4, -0.2) is 54.5 Å². The first kappa shape index (κ1) is 19.7. The van der Waals surface area contributed by atoms with Gasteiger partial charge in [0.2, 0.25) is 0 Å². The Morgan fingerprint density at radius 1 is 1.13 bits per heavy atom. The Morgan fingerprint density at radius 3 is 2.53 bits per heavy atom. The SMILES string of the molecule is Cc1cc(C(=O)O)nn1-c1cc(O)ccc1C(=O)N1Cc2ccccc2C[C@H]1CO. The summed E-state index contributed by atoms with van der Waals surface area (Å²) in [7, 11) is 0. The van der Waals surface area contributed by atoms with E-state index in [9.17, 15) is 24.9 Å². The second-order valence-electron chi connectivity index (χ2n) is 7.33. The molecule has 0 aliphatic carbocycles. The van der Waals surface area contributed by atoms with Crippen LogP contribution in [0.4, 0.5) is 0 Å². The molecule has 3 N–H and O–H groups in total. The Kier molecular flexibility index (Phi) is 5.01. The monoisotopic (exact) mass is 407 g/mol. The highest BCUT2D eigenvalue weighted by Gasteiger charge is 2.31. The van der Waals surface area contributed by atoms with Crippen LogP contribution in [0.5, 0.6) is 5.75 Å². The van der Waals surface area contributed by atoms with E-state index in [0.717, 1.165) is 11.1 Å². The summed E-state index contributed by atoms with van der Waals surface area (Å²) >= 11 is 0. The number of aryl methyl sites for hydroxylation is 1. The largest absolute Gasteiger partial charge is 0.508 e. The van der Waals surface area contributed by atoms with E-state index in [0.29, 0.717) is 18.7 Å². The molecule has 8 nitrogen and oxygen atoms in total. The van der Waals surface area contributed by atoms with Crippen molar-refractivity contribution in [2.45, 2.75) is 25.9 Å². The number of aliphatic hydroxyl groups excluding tert-OH is 1. The fourth-order valence-corrected chi connectivity index (χ4v) is 3.84. The van der Waals surface area contributed by atoms with E-state index in [4.69, 9.17) is 0 Å². The van der Waals surface area contributed by atoms with Crippen LogP contribution < -0.4 is 0 Å². The zero-order valence-corrected chi connectivity index (χ0v) is 16.3. The van der Waals surface area contributed by atoms with Crippen molar-refractivity contribution in [3.05, 3.63) is 76.6 Å². The van der Waals surface area contributed by atoms with E-state index >= 15 is 0 Å². The number of aromatic hydroxyl groups is 1. The van der Waals surface area contributed by atoms with E-state index in [1.165, 1.54) is 28.9 Å². The Balaban J connectivity index is 1.78. The van der Waals surface area contributed by atoms with Crippen molar-refractivity contribution in [2.75, 3.05) is 6.61 Å². The molecular formula is C22H21N3O5. The maximum Gasteiger partial charge on any atom is 0.356 e. The number of hydrogen-bond donors (Lipinski definition) is 3. The minimum Gasteiger partial charge on any atom is -0.508 e. The van der Waals surface area contributed by atoms with Gasteiger partial charge in [-0.05, 0) is 42.7 Å². The predicted molar refractivity (Wildman–Crippen MR) is 108 cm³/mol. The van der Waals surface area contributed by atoms with Crippen LogP contribution in [-0.2, 0) is 13.0 Å². The molecule has 4 rings (SSSR count). The van der Waals surface area contributed by atoms with Gasteiger partial charge in [0.25, 0.3) is 5.91 Å². The smallest absolute Gasteiger partial charge is 0.356 e. The molecule has 2 aromatic carbocycles. The lowest BCUT2D eigenvalue weighted by molar-refractivity contribution is 0.0544. The number of carbonyl (C=O) groups excluding carboxylic acids is 1. The molecule has 1 amide bonds. The predicted octanol–water partition coefficient (Wildman–Crippen LogP) is 2.14. The van der Waals surface area contributed by atoms with Crippen molar-refractivity contribution in [3.8, 4) is 11.4 Å². The van der Waals surface area contributed by atoms with E-state index in [2.05, 4.69) is 5.10 Å². The number of amides is 1. The Bertz CT molecular complexity index is 1140. The molecular weight excluding hydrogens is 386 g/mol. The number of aliphatic hydroxyl groups is 1. The van der Waals surface area contributed by atoms with Gasteiger partial charge in [-0.1, -0.05) is 24.3 Å². The zero-order valence-electron chi connectivity index (χ0n) is 16.3. The summed E-state index contributed by atoms with van der Waals surface area (Å²) in [6.07, 6.45) is 0.537. The molecule has 0 fully saturated rings. The number of fused-ring (bicyclic) bond motifs is 1. The van der Waals surface area contributed by atoms with Gasteiger partial charge >= 0.3 is 5.97 Å². The number of phenolic OH excluding ortho intramolecular Hbond substituents is 1. The number of benzene rings is 2. The van der Waals surface area contributed by atoms with Gasteiger partial charge in [0.05, 0.1) is 23.9 Å². The van der Waals surface area contributed by atoms with Gasteiger partial charge in [-0.3, -0.25) is 4.79 Å². The first-order chi connectivity index (χ1) is 14.4. The Hall–Kier alpha value is -3.65. The number of hydrogen-bond acceptors (Lipinski definition) is 5. The molecule has 1 aliphatic heterocycles. The summed E-state index contributed by atoms with van der Waals surface area (Å²) in [6, 6.07) is 13.1. The van der Waals surface area contributed by atoms with E-state index in [-0.39, 0.29) is 41.3 Å². The molecule has 3 aromatic rings. The second-order valence-corrected chi connectivity index (χ2v) is 7.33. The maximum atomic E-state index is 13.5. The minimum absolute atomic E-state index is 0.0731. The fourth-order valence-electron chi connectivity index (χ4n) is 3.84. The number of aromatic carboxylic acids is 1. The molecule has 2 heterocycles. The molecule has 0 spiro atoms. The second kappa shape index (κ2) is 7.64. The normalized spacial score (nSPS) is 15.7. The highest BCUT2D eigenvalue weighted by Crippen LogP contribution is 2.28. The van der Waals surface area contributed by atoms with Gasteiger partial charge in [0.15, 0.2) is 5.69 Å². The van der Waals surface area contributed by atoms with Crippen LogP contribution in [0.1, 0.15) is 37.7 Å². The lowest BCUT2D eigenvalue weighted by atomic mass is 9.93. The molecule has 154 valence electrons. The van der Waals surface area contributed by atoms with Crippen LogP contribution >= 0.6 is 0 Å². The van der Waals surface area contributed by atoms with Gasteiger partial charge in [0, 0.05) is 18.3 Å². The van der Waals surface area contributed by atoms with Gasteiger partial charge in [-0.25, -0.2) is 9.48 Å². The van der Waals surface area contributed by atoms with Crippen LogP contribution in [0.3, 0.4) is 0 Å². The quantitative estimate of drug-likeness (QED) is 0.610. The first-order valence-electron chi connectivity index (χ1n) is 9.51. The molecule has 0 unspecified atom stereocenters. The van der Waals surface area contributed by atoms with Crippen molar-refractivity contribution in [2.24, 2.45) is 0 Å². The molecule has 1 aliphatic rings. The van der Waals surface area contributed by atoms with Gasteiger partial charge < -0.3 is 20.2 Å². The van der Waals surface area contributed by atoms with Crippen LogP contribution in [0, 0.1) is 6.92 Å². The fraction of sp³-hybridized carbons (Fsp3) is 0.227. The molecule has 1 atom stereocenters. The molecule has 30 heavy (non-hydrogen) atoms. The summed E-state index contributed by atoms with van der Waals surface area (Å²) in [5.74, 6) is -1.58. The summed E-state index contributed by atoms with van der Waals surface area (Å²) < 4.78 is 1.34. The third kappa shape index (κ3) is 3.42. The summed E-state index contributed by atoms with van der Waals surface area (Å²) in [5, 5.41) is 33.2. The van der Waals surface area contributed by atoms with E-state index in [1.54, 1.807) is 11.8 Å². The van der Waals surface area contributed by atoms with Crippen molar-refractivity contribution < 1.29 is 24.9 Å². The number of carboxylic acid groups (broad SMARTS) is 1. The number of phenols is 1. The lowest BCUT2D eigenvalue weighted by Gasteiger charge is -2.36. The summed E-state index contributed by atoms with van der Waals surface area (Å²) in [4.78, 5) is 26.4. The third-order valence-electron chi connectivity index (χ3n) is 5.37. The van der Waals surface area contributed by atoms with Crippen molar-refractivity contribution in [1.82, 2.24) is 14.7 Å². The van der Waals surface area contributed by atoms with E-state index in [1.807, 2.05) is 24.3 Å². The summed E-state index contributed by atoms with van der Waals surface area (Å²) in [6.45, 7) is 1.84. The van der Waals surface area contributed by atoms with Crippen molar-refractivity contribution in [1.29, 1.82) is 0 Å². The Labute approximate surface area is 172 Å². The summed E-state index contributed by atoms with van der Waals surface area (Å²) in [5.41, 5.74) is 3.00. The third-order valence-corrected chi connectivity index (χ3v) is 5.37. The van der Waals surface area contributed by atoms with Crippen LogP contribution in [0.15, 0.2) is 48.5 Å². The average molecular weight is 407 g/mol. The number of rotatable bonds is 4. The van der Waals surface area contributed by atoms with E-state index < -0.39 is 5.97 Å². The minimum atomic E-state index is -1.18. The lowest BCUT2D eigenvalue weighted by Crippen LogP contribution is -2.46. The molecule has 0 radical (unpaired) electrons. The van der Waals surface area contributed by atoms with Gasteiger partial charge in [0.1, 0.15) is 5.75 Å². The first-order valence-corrected chi connectivity index (χ1v) is 9.51. The molecule has 0 bridgehead atoms. The highest BCUT2D eigenvalue weighted by atomic mass is 16.4. The number of carbonyl (C=O) groups is 2. The van der Waals surface area contributed by atoms with Crippen LogP contribution in [0.2, 0.25) is 0 Å². The highest BCUT2D eigenvalue weighted by molar-refractivity contribution is 5.98. The average Bonchev–Trinajstić information content (AvgIpc) is 3.14. The van der Waals surface area contributed by atoms with Crippen molar-refractivity contribution in [3.63, 3.8) is 0 Å². The standard InChI is InChI=1S/C22H21N3O5/c1-13-8-19(22(29)30)23-25(13)20-10-17(27)6-7-18(20)21(28)24-11-15-5-3-2-4-14(15)9-16(24)12-26/h2-8,10,16,26-27H,9,11-12H2,1H3,(H,29,30)/t16-/m0/s1. The molecule has 0 saturated heterocycles. The number of aromatic nitrogens is 2. The maximum absolute atomic E-state index is 13.5. The van der Waals surface area contributed by atoms with Crippen LogP contribution in [0.25, 0.3) is 5.69 Å².